The molecule has 1 rings (SSSR count). The Kier molecular flexibility index (Phi) is 10.1. The van der Waals surface area contributed by atoms with Gasteiger partial charge in [0, 0.05) is 26.8 Å². The lowest BCUT2D eigenvalue weighted by Crippen LogP contribution is -2.38. The van der Waals surface area contributed by atoms with E-state index in [2.05, 4.69) is 53.7 Å². The Morgan fingerprint density at radius 2 is 2.05 bits per heavy atom. The Labute approximate surface area is 134 Å². The minimum absolute atomic E-state index is 0.647. The van der Waals surface area contributed by atoms with Crippen molar-refractivity contribution >= 4 is 5.96 Å². The van der Waals surface area contributed by atoms with Crippen molar-refractivity contribution in [3.63, 3.8) is 0 Å². The highest BCUT2D eigenvalue weighted by Crippen LogP contribution is 2.04. The number of guanidine groups is 1. The second-order valence-electron chi connectivity index (χ2n) is 5.07. The van der Waals surface area contributed by atoms with Gasteiger partial charge in [0.15, 0.2) is 5.96 Å². The Balaban J connectivity index is 2.30. The first-order chi connectivity index (χ1) is 10.8. The van der Waals surface area contributed by atoms with E-state index in [1.54, 1.807) is 7.11 Å². The summed E-state index contributed by atoms with van der Waals surface area (Å²) in [6, 6.07) is 8.43. The monoisotopic (exact) mass is 307 g/mol. The third kappa shape index (κ3) is 8.64. The van der Waals surface area contributed by atoms with Crippen LogP contribution in [0.3, 0.4) is 0 Å². The number of aryl methyl sites for hydroxylation is 1. The predicted octanol–water partition coefficient (Wildman–Crippen LogP) is 2.10. The molecule has 5 nitrogen and oxygen atoms in total. The molecule has 0 heterocycles. The van der Waals surface area contributed by atoms with E-state index in [1.807, 2.05) is 0 Å². The van der Waals surface area contributed by atoms with Crippen molar-refractivity contribution in [2.75, 3.05) is 40.0 Å². The molecule has 22 heavy (non-hydrogen) atoms. The van der Waals surface area contributed by atoms with E-state index < -0.39 is 0 Å². The minimum Gasteiger partial charge on any atom is -0.382 e. The van der Waals surface area contributed by atoms with E-state index in [0.29, 0.717) is 19.8 Å². The summed E-state index contributed by atoms with van der Waals surface area (Å²) in [6.07, 6.45) is 0.943. The molecule has 0 radical (unpaired) electrons. The third-order valence-corrected chi connectivity index (χ3v) is 3.04. The van der Waals surface area contributed by atoms with Gasteiger partial charge in [-0.25, -0.2) is 4.99 Å². The first-order valence-corrected chi connectivity index (χ1v) is 7.90. The fourth-order valence-electron chi connectivity index (χ4n) is 1.95. The van der Waals surface area contributed by atoms with Crippen molar-refractivity contribution in [3.8, 4) is 0 Å². The van der Waals surface area contributed by atoms with Crippen LogP contribution in [0.15, 0.2) is 29.3 Å². The molecule has 2 N–H and O–H groups in total. The molecular formula is C17H29N3O2. The average molecular weight is 307 g/mol. The molecule has 0 aliphatic heterocycles. The zero-order valence-electron chi connectivity index (χ0n) is 14.0. The molecule has 0 atom stereocenters. The third-order valence-electron chi connectivity index (χ3n) is 3.04. The maximum atomic E-state index is 5.43. The van der Waals surface area contributed by atoms with Gasteiger partial charge in [-0.2, -0.15) is 0 Å². The van der Waals surface area contributed by atoms with Crippen LogP contribution < -0.4 is 10.6 Å². The molecule has 1 aromatic carbocycles. The summed E-state index contributed by atoms with van der Waals surface area (Å²) in [5.41, 5.74) is 2.49. The maximum absolute atomic E-state index is 5.43. The molecule has 0 amide bonds. The molecular weight excluding hydrogens is 278 g/mol. The lowest BCUT2D eigenvalue weighted by molar-refractivity contribution is 0.0698. The Bertz CT molecular complexity index is 436. The van der Waals surface area contributed by atoms with Crippen LogP contribution in [-0.4, -0.2) is 46.0 Å². The topological polar surface area (TPSA) is 54.9 Å². The standard InChI is InChI=1S/C17H29N3O2/c1-4-18-17(19-9-6-10-22-12-11-21-3)20-14-16-8-5-7-15(2)13-16/h5,7-8,13H,4,6,9-12,14H2,1-3H3,(H2,18,19,20). The molecule has 124 valence electrons. The first-order valence-electron chi connectivity index (χ1n) is 7.90. The van der Waals surface area contributed by atoms with Crippen LogP contribution in [0.25, 0.3) is 0 Å². The summed E-state index contributed by atoms with van der Waals surface area (Å²) in [5.74, 6) is 0.848. The van der Waals surface area contributed by atoms with Crippen molar-refractivity contribution < 1.29 is 9.47 Å². The largest absolute Gasteiger partial charge is 0.382 e. The molecule has 5 heteroatoms. The van der Waals surface area contributed by atoms with Crippen molar-refractivity contribution in [3.05, 3.63) is 35.4 Å². The summed E-state index contributed by atoms with van der Waals surface area (Å²) in [5, 5.41) is 6.58. The van der Waals surface area contributed by atoms with Gasteiger partial charge < -0.3 is 20.1 Å². The molecule has 0 aliphatic carbocycles. The number of hydrogen-bond acceptors (Lipinski definition) is 3. The quantitative estimate of drug-likeness (QED) is 0.395. The number of rotatable bonds is 10. The van der Waals surface area contributed by atoms with E-state index in [4.69, 9.17) is 9.47 Å². The van der Waals surface area contributed by atoms with Gasteiger partial charge in [0.1, 0.15) is 0 Å². The Morgan fingerprint density at radius 3 is 2.77 bits per heavy atom. The molecule has 0 fully saturated rings. The highest BCUT2D eigenvalue weighted by molar-refractivity contribution is 5.79. The summed E-state index contributed by atoms with van der Waals surface area (Å²) >= 11 is 0. The van der Waals surface area contributed by atoms with Crippen molar-refractivity contribution in [1.82, 2.24) is 10.6 Å². The lowest BCUT2D eigenvalue weighted by atomic mass is 10.1. The highest BCUT2D eigenvalue weighted by atomic mass is 16.5. The van der Waals surface area contributed by atoms with E-state index in [0.717, 1.165) is 32.1 Å². The van der Waals surface area contributed by atoms with Crippen LogP contribution >= 0.6 is 0 Å². The first kappa shape index (κ1) is 18.5. The molecule has 0 aliphatic rings. The zero-order valence-corrected chi connectivity index (χ0v) is 14.0. The molecule has 0 saturated heterocycles. The van der Waals surface area contributed by atoms with Gasteiger partial charge in [-0.15, -0.1) is 0 Å². The second kappa shape index (κ2) is 12.0. The summed E-state index contributed by atoms with van der Waals surface area (Å²) in [6.45, 7) is 8.57. The molecule has 0 bridgehead atoms. The summed E-state index contributed by atoms with van der Waals surface area (Å²) in [7, 11) is 1.68. The zero-order chi connectivity index (χ0) is 16.0. The number of nitrogens with one attached hydrogen (secondary N) is 2. The molecule has 0 saturated carbocycles. The van der Waals surface area contributed by atoms with Crippen LogP contribution in [0, 0.1) is 6.92 Å². The Morgan fingerprint density at radius 1 is 1.18 bits per heavy atom. The van der Waals surface area contributed by atoms with Crippen LogP contribution in [0.2, 0.25) is 0 Å². The van der Waals surface area contributed by atoms with Crippen molar-refractivity contribution in [2.45, 2.75) is 26.8 Å². The second-order valence-corrected chi connectivity index (χ2v) is 5.07. The highest BCUT2D eigenvalue weighted by Gasteiger charge is 1.98. The maximum Gasteiger partial charge on any atom is 0.191 e. The van der Waals surface area contributed by atoms with Gasteiger partial charge in [0.2, 0.25) is 0 Å². The van der Waals surface area contributed by atoms with Gasteiger partial charge in [-0.1, -0.05) is 29.8 Å². The van der Waals surface area contributed by atoms with Crippen LogP contribution in [-0.2, 0) is 16.0 Å². The fourth-order valence-corrected chi connectivity index (χ4v) is 1.95. The lowest BCUT2D eigenvalue weighted by Gasteiger charge is -2.11. The van der Waals surface area contributed by atoms with Crippen molar-refractivity contribution in [2.24, 2.45) is 4.99 Å². The number of methoxy groups -OCH3 is 1. The molecule has 0 spiro atoms. The number of hydrogen-bond donors (Lipinski definition) is 2. The van der Waals surface area contributed by atoms with Gasteiger partial charge in [-0.3, -0.25) is 0 Å². The molecule has 0 aromatic heterocycles. The fraction of sp³-hybridized carbons (Fsp3) is 0.588. The number of nitrogens with zero attached hydrogens (tertiary/aromatic N) is 1. The van der Waals surface area contributed by atoms with E-state index in [9.17, 15) is 0 Å². The van der Waals surface area contributed by atoms with Crippen LogP contribution in [0.5, 0.6) is 0 Å². The van der Waals surface area contributed by atoms with E-state index in [1.165, 1.54) is 11.1 Å². The Hall–Kier alpha value is -1.59. The number of ether oxygens (including phenoxy) is 2. The summed E-state index contributed by atoms with van der Waals surface area (Å²) < 4.78 is 10.4. The smallest absolute Gasteiger partial charge is 0.191 e. The van der Waals surface area contributed by atoms with Gasteiger partial charge >= 0.3 is 0 Å². The van der Waals surface area contributed by atoms with Crippen LogP contribution in [0.4, 0.5) is 0 Å². The SMILES string of the molecule is CCNC(=NCc1cccc(C)c1)NCCCOCCOC. The normalized spacial score (nSPS) is 11.5. The van der Waals surface area contributed by atoms with Crippen molar-refractivity contribution in [1.29, 1.82) is 0 Å². The van der Waals surface area contributed by atoms with Gasteiger partial charge in [0.25, 0.3) is 0 Å². The van der Waals surface area contributed by atoms with E-state index in [-0.39, 0.29) is 0 Å². The van der Waals surface area contributed by atoms with E-state index >= 15 is 0 Å². The number of aliphatic imine (C=N–C) groups is 1. The van der Waals surface area contributed by atoms with Gasteiger partial charge in [0.05, 0.1) is 19.8 Å². The predicted molar refractivity (Wildman–Crippen MR) is 91.3 cm³/mol. The average Bonchev–Trinajstić information content (AvgIpc) is 2.51. The number of benzene rings is 1. The molecule has 1 aromatic rings. The minimum atomic E-state index is 0.647. The molecule has 0 unspecified atom stereocenters. The van der Waals surface area contributed by atoms with Gasteiger partial charge in [-0.05, 0) is 25.8 Å². The van der Waals surface area contributed by atoms with Crippen LogP contribution in [0.1, 0.15) is 24.5 Å². The summed E-state index contributed by atoms with van der Waals surface area (Å²) in [4.78, 5) is 4.61.